The highest BCUT2D eigenvalue weighted by molar-refractivity contribution is 7.86. The van der Waals surface area contributed by atoms with E-state index < -0.39 is 10.2 Å². The first-order chi connectivity index (χ1) is 16.3. The number of hydrogen-bond donors (Lipinski definition) is 2. The summed E-state index contributed by atoms with van der Waals surface area (Å²) in [5.74, 6) is -0.0984. The van der Waals surface area contributed by atoms with E-state index in [1.165, 1.54) is 15.7 Å². The number of carbonyl (C=O) groups is 2. The topological polar surface area (TPSA) is 108 Å². The van der Waals surface area contributed by atoms with Crippen molar-refractivity contribution in [2.75, 3.05) is 39.8 Å². The zero-order chi connectivity index (χ0) is 24.6. The van der Waals surface area contributed by atoms with Crippen LogP contribution in [0.2, 0.25) is 0 Å². The number of amides is 2. The maximum absolute atomic E-state index is 13.3. The molecule has 0 fully saturated rings. The van der Waals surface area contributed by atoms with Crippen molar-refractivity contribution in [2.24, 2.45) is 0 Å². The fraction of sp³-hybridized carbons (Fsp3) is 0.417. The van der Waals surface area contributed by atoms with Gasteiger partial charge >= 0.3 is 0 Å². The Kier molecular flexibility index (Phi) is 9.03. The quantitative estimate of drug-likeness (QED) is 0.681. The van der Waals surface area contributed by atoms with E-state index in [4.69, 9.17) is 4.74 Å². The van der Waals surface area contributed by atoms with Crippen molar-refractivity contribution in [1.82, 2.24) is 19.2 Å². The number of nitrogens with zero attached hydrogens (tertiary/aromatic N) is 2. The Hall–Kier alpha value is -2.95. The summed E-state index contributed by atoms with van der Waals surface area (Å²) in [5, 5.41) is 5.58. The lowest BCUT2D eigenvalue weighted by Crippen LogP contribution is -2.45. The Morgan fingerprint density at radius 3 is 2.56 bits per heavy atom. The monoisotopic (exact) mass is 488 g/mol. The van der Waals surface area contributed by atoms with E-state index in [2.05, 4.69) is 10.6 Å². The van der Waals surface area contributed by atoms with Crippen LogP contribution in [0.5, 0.6) is 5.75 Å². The molecule has 3 rings (SSSR count). The Bertz CT molecular complexity index is 1090. The molecule has 0 aromatic heterocycles. The highest BCUT2D eigenvalue weighted by Crippen LogP contribution is 2.20. The number of aryl methyl sites for hydroxylation is 1. The molecule has 1 aliphatic rings. The molecule has 0 spiro atoms. The molecule has 0 radical (unpaired) electrons. The Labute approximate surface area is 201 Å². The molecule has 2 N–H and O–H groups in total. The van der Waals surface area contributed by atoms with E-state index in [9.17, 15) is 18.0 Å². The molecule has 34 heavy (non-hydrogen) atoms. The van der Waals surface area contributed by atoms with E-state index in [-0.39, 0.29) is 57.6 Å². The number of hydrogen-bond acceptors (Lipinski definition) is 5. The van der Waals surface area contributed by atoms with Crippen LogP contribution < -0.4 is 15.4 Å². The van der Waals surface area contributed by atoms with Crippen LogP contribution in [0, 0.1) is 6.92 Å². The summed E-state index contributed by atoms with van der Waals surface area (Å²) in [6, 6.07) is 14.6. The van der Waals surface area contributed by atoms with Crippen molar-refractivity contribution in [2.45, 2.75) is 26.3 Å². The van der Waals surface area contributed by atoms with Crippen molar-refractivity contribution in [3.05, 3.63) is 65.2 Å². The summed E-state index contributed by atoms with van der Waals surface area (Å²) >= 11 is 0. The van der Waals surface area contributed by atoms with E-state index in [1.807, 2.05) is 43.3 Å². The lowest BCUT2D eigenvalue weighted by atomic mass is 10.1. The summed E-state index contributed by atoms with van der Waals surface area (Å²) in [4.78, 5) is 25.0. The Morgan fingerprint density at radius 2 is 1.79 bits per heavy atom. The minimum absolute atomic E-state index is 0.0802. The average Bonchev–Trinajstić information content (AvgIpc) is 2.81. The van der Waals surface area contributed by atoms with E-state index in [0.29, 0.717) is 17.7 Å². The van der Waals surface area contributed by atoms with Gasteiger partial charge in [-0.25, -0.2) is 0 Å². The summed E-state index contributed by atoms with van der Waals surface area (Å²) in [7, 11) is -2.29. The molecule has 2 amide bonds. The van der Waals surface area contributed by atoms with Crippen LogP contribution in [0.25, 0.3) is 0 Å². The first-order valence-corrected chi connectivity index (χ1v) is 12.7. The summed E-state index contributed by atoms with van der Waals surface area (Å²) in [5.41, 5.74) is 2.14. The number of nitrogens with one attached hydrogen (secondary N) is 2. The molecule has 0 bridgehead atoms. The van der Waals surface area contributed by atoms with Crippen LogP contribution in [-0.2, 0) is 21.5 Å². The molecule has 1 aliphatic heterocycles. The molecule has 9 nitrogen and oxygen atoms in total. The predicted octanol–water partition coefficient (Wildman–Crippen LogP) is 1.69. The van der Waals surface area contributed by atoms with Gasteiger partial charge in [0, 0.05) is 39.6 Å². The third-order valence-corrected chi connectivity index (χ3v) is 7.42. The van der Waals surface area contributed by atoms with Crippen molar-refractivity contribution in [3.8, 4) is 5.75 Å². The highest BCUT2D eigenvalue weighted by Gasteiger charge is 2.27. The molecule has 0 saturated carbocycles. The SMILES string of the molecule is Cc1ccc2c(c1)C(=O)NCCN(S(=O)(=O)N(C)Cc1ccccc1)CCCC(=O)NCCO2. The Morgan fingerprint density at radius 1 is 1.03 bits per heavy atom. The van der Waals surface area contributed by atoms with Crippen molar-refractivity contribution < 1.29 is 22.7 Å². The molecule has 0 atom stereocenters. The molecule has 184 valence electrons. The predicted molar refractivity (Wildman–Crippen MR) is 130 cm³/mol. The third-order valence-electron chi connectivity index (χ3n) is 5.49. The van der Waals surface area contributed by atoms with Gasteiger partial charge in [0.05, 0.1) is 12.1 Å². The maximum Gasteiger partial charge on any atom is 0.282 e. The van der Waals surface area contributed by atoms with Gasteiger partial charge in [-0.05, 0) is 31.0 Å². The second kappa shape index (κ2) is 12.0. The van der Waals surface area contributed by atoms with Gasteiger partial charge in [-0.15, -0.1) is 0 Å². The number of fused-ring (bicyclic) bond motifs is 1. The number of carbonyl (C=O) groups excluding carboxylic acids is 2. The van der Waals surface area contributed by atoms with Gasteiger partial charge in [-0.1, -0.05) is 42.0 Å². The first kappa shape index (κ1) is 25.7. The molecule has 10 heteroatoms. The highest BCUT2D eigenvalue weighted by atomic mass is 32.2. The van der Waals surface area contributed by atoms with Crippen molar-refractivity contribution in [3.63, 3.8) is 0 Å². The summed E-state index contributed by atoms with van der Waals surface area (Å²) in [6.07, 6.45) is 0.551. The molecular formula is C24H32N4O5S. The second-order valence-corrected chi connectivity index (χ2v) is 10.2. The summed E-state index contributed by atoms with van der Waals surface area (Å²) < 4.78 is 34.9. The third kappa shape index (κ3) is 7.02. The van der Waals surface area contributed by atoms with Crippen LogP contribution in [0.4, 0.5) is 0 Å². The van der Waals surface area contributed by atoms with Crippen LogP contribution in [-0.4, -0.2) is 68.7 Å². The molecule has 0 saturated heterocycles. The standard InChI is InChI=1S/C24H32N4O5S/c1-19-10-11-22-21(17-19)24(30)26-12-15-28(14-6-9-23(29)25-13-16-33-22)34(31,32)27(2)18-20-7-4-3-5-8-20/h3-5,7-8,10-11,17H,6,9,12-16,18H2,1-2H3,(H,25,29)(H,26,30). The first-order valence-electron chi connectivity index (χ1n) is 11.3. The van der Waals surface area contributed by atoms with Crippen molar-refractivity contribution >= 4 is 22.0 Å². The normalized spacial score (nSPS) is 17.0. The molecule has 2 aromatic rings. The lowest BCUT2D eigenvalue weighted by molar-refractivity contribution is -0.121. The Balaban J connectivity index is 1.77. The zero-order valence-electron chi connectivity index (χ0n) is 19.6. The van der Waals surface area contributed by atoms with Gasteiger partial charge in [-0.2, -0.15) is 17.0 Å². The van der Waals surface area contributed by atoms with E-state index in [1.54, 1.807) is 12.1 Å². The number of ether oxygens (including phenoxy) is 1. The van der Waals surface area contributed by atoms with Crippen LogP contribution in [0.3, 0.4) is 0 Å². The molecular weight excluding hydrogens is 456 g/mol. The summed E-state index contributed by atoms with van der Waals surface area (Å²) in [6.45, 7) is 2.97. The number of rotatable bonds is 4. The van der Waals surface area contributed by atoms with E-state index >= 15 is 0 Å². The number of benzene rings is 2. The van der Waals surface area contributed by atoms with E-state index in [0.717, 1.165) is 11.1 Å². The molecule has 0 aliphatic carbocycles. The van der Waals surface area contributed by atoms with Crippen LogP contribution in [0.15, 0.2) is 48.5 Å². The van der Waals surface area contributed by atoms with Gasteiger partial charge in [0.25, 0.3) is 16.1 Å². The van der Waals surface area contributed by atoms with Gasteiger partial charge in [0.2, 0.25) is 5.91 Å². The average molecular weight is 489 g/mol. The van der Waals surface area contributed by atoms with Crippen LogP contribution in [0.1, 0.15) is 34.3 Å². The molecule has 0 unspecified atom stereocenters. The molecule has 1 heterocycles. The zero-order valence-corrected chi connectivity index (χ0v) is 20.4. The van der Waals surface area contributed by atoms with Gasteiger partial charge < -0.3 is 15.4 Å². The lowest BCUT2D eigenvalue weighted by Gasteiger charge is -2.27. The minimum Gasteiger partial charge on any atom is -0.491 e. The van der Waals surface area contributed by atoms with Gasteiger partial charge in [0.15, 0.2) is 0 Å². The van der Waals surface area contributed by atoms with Gasteiger partial charge in [-0.3, -0.25) is 9.59 Å². The smallest absolute Gasteiger partial charge is 0.282 e. The fourth-order valence-corrected chi connectivity index (χ4v) is 5.04. The largest absolute Gasteiger partial charge is 0.491 e. The maximum atomic E-state index is 13.3. The van der Waals surface area contributed by atoms with Crippen LogP contribution >= 0.6 is 0 Å². The minimum atomic E-state index is -3.82. The molecule has 2 aromatic carbocycles. The van der Waals surface area contributed by atoms with Gasteiger partial charge in [0.1, 0.15) is 12.4 Å². The second-order valence-electron chi connectivity index (χ2n) is 8.21. The van der Waals surface area contributed by atoms with Crippen molar-refractivity contribution in [1.29, 1.82) is 0 Å². The fourth-order valence-electron chi connectivity index (χ4n) is 3.65.